The number of alkyl halides is 3. The molecule has 29 heavy (non-hydrogen) atoms. The lowest BCUT2D eigenvalue weighted by Crippen LogP contribution is -2.39. The summed E-state index contributed by atoms with van der Waals surface area (Å²) in [6.07, 6.45) is -1.92. The number of aliphatic imine (C=N–C) groups is 1. The number of hydrogen-bond donors (Lipinski definition) is 3. The van der Waals surface area contributed by atoms with Crippen LogP contribution in [0.15, 0.2) is 29.3 Å². The molecule has 1 aromatic rings. The Morgan fingerprint density at radius 1 is 1.31 bits per heavy atom. The molecule has 0 radical (unpaired) electrons. The molecule has 2 atom stereocenters. The minimum Gasteiger partial charge on any atom is -0.389 e. The Morgan fingerprint density at radius 2 is 2.07 bits per heavy atom. The van der Waals surface area contributed by atoms with Gasteiger partial charge < -0.3 is 20.5 Å². The van der Waals surface area contributed by atoms with Crippen LogP contribution in [0.4, 0.5) is 13.2 Å². The van der Waals surface area contributed by atoms with Gasteiger partial charge in [0, 0.05) is 19.7 Å². The molecular formula is C21H32F3N3O2. The van der Waals surface area contributed by atoms with E-state index in [0.29, 0.717) is 43.6 Å². The molecule has 0 amide bonds. The van der Waals surface area contributed by atoms with Gasteiger partial charge in [-0.3, -0.25) is 4.99 Å². The molecule has 1 saturated carbocycles. The van der Waals surface area contributed by atoms with E-state index in [1.165, 1.54) is 25.0 Å². The van der Waals surface area contributed by atoms with E-state index in [2.05, 4.69) is 15.6 Å². The summed E-state index contributed by atoms with van der Waals surface area (Å²) in [7, 11) is 0. The largest absolute Gasteiger partial charge is 0.416 e. The van der Waals surface area contributed by atoms with Crippen LogP contribution < -0.4 is 10.6 Å². The van der Waals surface area contributed by atoms with Gasteiger partial charge in [0.2, 0.25) is 0 Å². The van der Waals surface area contributed by atoms with Crippen molar-refractivity contribution in [2.45, 2.75) is 51.3 Å². The number of rotatable bonds is 11. The highest BCUT2D eigenvalue weighted by molar-refractivity contribution is 5.79. The molecule has 1 aromatic carbocycles. The Hall–Kier alpha value is -1.80. The van der Waals surface area contributed by atoms with Gasteiger partial charge >= 0.3 is 6.18 Å². The molecule has 5 nitrogen and oxygen atoms in total. The van der Waals surface area contributed by atoms with E-state index in [0.717, 1.165) is 6.07 Å². The van der Waals surface area contributed by atoms with E-state index in [1.54, 1.807) is 6.07 Å². The zero-order chi connectivity index (χ0) is 21.3. The first-order valence-electron chi connectivity index (χ1n) is 10.2. The highest BCUT2D eigenvalue weighted by atomic mass is 19.4. The first-order valence-corrected chi connectivity index (χ1v) is 10.2. The lowest BCUT2D eigenvalue weighted by atomic mass is 9.96. The summed E-state index contributed by atoms with van der Waals surface area (Å²) in [6, 6.07) is 5.46. The smallest absolute Gasteiger partial charge is 0.389 e. The zero-order valence-corrected chi connectivity index (χ0v) is 17.1. The van der Waals surface area contributed by atoms with Crippen molar-refractivity contribution >= 4 is 5.96 Å². The monoisotopic (exact) mass is 415 g/mol. The van der Waals surface area contributed by atoms with E-state index in [4.69, 9.17) is 4.74 Å². The Bertz CT molecular complexity index is 648. The van der Waals surface area contributed by atoms with Crippen LogP contribution in [-0.4, -0.2) is 50.0 Å². The van der Waals surface area contributed by atoms with Crippen molar-refractivity contribution in [3.8, 4) is 0 Å². The Labute approximate surface area is 170 Å². The second-order valence-corrected chi connectivity index (χ2v) is 7.59. The van der Waals surface area contributed by atoms with Crippen LogP contribution in [0.2, 0.25) is 0 Å². The summed E-state index contributed by atoms with van der Waals surface area (Å²) in [5.41, 5.74) is 0.0365. The third kappa shape index (κ3) is 9.04. The third-order valence-corrected chi connectivity index (χ3v) is 4.82. The Kier molecular flexibility index (Phi) is 9.23. The number of nitrogens with zero attached hydrogens (tertiary/aromatic N) is 1. The van der Waals surface area contributed by atoms with E-state index in [1.807, 2.05) is 13.8 Å². The lowest BCUT2D eigenvalue weighted by Gasteiger charge is -2.17. The SMILES string of the molecule is CCNC(=NCC(O)COCC1CC1)NCCC(C)c1cccc(C(F)(F)F)c1. The van der Waals surface area contributed by atoms with E-state index >= 15 is 0 Å². The molecule has 0 aromatic heterocycles. The van der Waals surface area contributed by atoms with Crippen molar-refractivity contribution in [2.75, 3.05) is 32.8 Å². The summed E-state index contributed by atoms with van der Waals surface area (Å²) < 4.78 is 44.1. The molecule has 0 heterocycles. The lowest BCUT2D eigenvalue weighted by molar-refractivity contribution is -0.137. The van der Waals surface area contributed by atoms with Crippen LogP contribution in [0.3, 0.4) is 0 Å². The molecule has 2 rings (SSSR count). The highest BCUT2D eigenvalue weighted by Gasteiger charge is 2.30. The topological polar surface area (TPSA) is 65.9 Å². The van der Waals surface area contributed by atoms with Gasteiger partial charge in [0.05, 0.1) is 24.8 Å². The minimum absolute atomic E-state index is 0.0332. The molecule has 1 aliphatic carbocycles. The molecule has 1 fully saturated rings. The number of nitrogens with one attached hydrogen (secondary N) is 2. The maximum absolute atomic E-state index is 12.9. The van der Waals surface area contributed by atoms with E-state index in [-0.39, 0.29) is 19.1 Å². The summed E-state index contributed by atoms with van der Waals surface area (Å²) in [6.45, 7) is 6.27. The second-order valence-electron chi connectivity index (χ2n) is 7.59. The van der Waals surface area contributed by atoms with Crippen molar-refractivity contribution in [1.82, 2.24) is 10.6 Å². The zero-order valence-electron chi connectivity index (χ0n) is 17.1. The number of guanidine groups is 1. The fraction of sp³-hybridized carbons (Fsp3) is 0.667. The summed E-state index contributed by atoms with van der Waals surface area (Å²) >= 11 is 0. The predicted octanol–water partition coefficient (Wildman–Crippen LogP) is 3.54. The van der Waals surface area contributed by atoms with Crippen LogP contribution in [0, 0.1) is 5.92 Å². The molecule has 0 spiro atoms. The molecule has 8 heteroatoms. The molecule has 2 unspecified atom stereocenters. The number of hydrogen-bond acceptors (Lipinski definition) is 3. The van der Waals surface area contributed by atoms with E-state index in [9.17, 15) is 18.3 Å². The van der Waals surface area contributed by atoms with Crippen LogP contribution in [0.1, 0.15) is 50.2 Å². The fourth-order valence-corrected chi connectivity index (χ4v) is 2.84. The number of aliphatic hydroxyl groups is 1. The van der Waals surface area contributed by atoms with Crippen LogP contribution in [0.5, 0.6) is 0 Å². The minimum atomic E-state index is -4.33. The average molecular weight is 416 g/mol. The maximum atomic E-state index is 12.9. The van der Waals surface area contributed by atoms with Crippen LogP contribution >= 0.6 is 0 Å². The van der Waals surface area contributed by atoms with Crippen LogP contribution in [0.25, 0.3) is 0 Å². The fourth-order valence-electron chi connectivity index (χ4n) is 2.84. The van der Waals surface area contributed by atoms with E-state index < -0.39 is 17.8 Å². The maximum Gasteiger partial charge on any atom is 0.416 e. The normalized spacial score (nSPS) is 17.1. The van der Waals surface area contributed by atoms with Crippen molar-refractivity contribution in [3.63, 3.8) is 0 Å². The highest BCUT2D eigenvalue weighted by Crippen LogP contribution is 2.31. The third-order valence-electron chi connectivity index (χ3n) is 4.82. The Balaban J connectivity index is 1.77. The summed E-state index contributed by atoms with van der Waals surface area (Å²) in [4.78, 5) is 4.36. The van der Waals surface area contributed by atoms with Gasteiger partial charge in [-0.05, 0) is 49.7 Å². The second kappa shape index (κ2) is 11.4. The summed E-state index contributed by atoms with van der Waals surface area (Å²) in [5.74, 6) is 1.20. The van der Waals surface area contributed by atoms with Crippen molar-refractivity contribution in [1.29, 1.82) is 0 Å². The first-order chi connectivity index (χ1) is 13.8. The van der Waals surface area contributed by atoms with Gasteiger partial charge in [-0.25, -0.2) is 0 Å². The average Bonchev–Trinajstić information content (AvgIpc) is 3.50. The molecule has 3 N–H and O–H groups in total. The predicted molar refractivity (Wildman–Crippen MR) is 108 cm³/mol. The number of halogens is 3. The van der Waals surface area contributed by atoms with Gasteiger partial charge in [0.1, 0.15) is 0 Å². The quantitative estimate of drug-likeness (QED) is 0.382. The van der Waals surface area contributed by atoms with Crippen LogP contribution in [-0.2, 0) is 10.9 Å². The van der Waals surface area contributed by atoms with Gasteiger partial charge in [0.15, 0.2) is 5.96 Å². The molecule has 0 bridgehead atoms. The molecule has 0 aliphatic heterocycles. The number of aliphatic hydroxyl groups excluding tert-OH is 1. The Morgan fingerprint density at radius 3 is 2.72 bits per heavy atom. The molecule has 164 valence electrons. The van der Waals surface area contributed by atoms with Gasteiger partial charge in [-0.2, -0.15) is 13.2 Å². The van der Waals surface area contributed by atoms with Gasteiger partial charge in [-0.15, -0.1) is 0 Å². The first kappa shape index (κ1) is 23.5. The van der Waals surface area contributed by atoms with Gasteiger partial charge in [-0.1, -0.05) is 25.1 Å². The molecule has 0 saturated heterocycles. The number of ether oxygens (including phenoxy) is 1. The van der Waals surface area contributed by atoms with Gasteiger partial charge in [0.25, 0.3) is 0 Å². The van der Waals surface area contributed by atoms with Crippen molar-refractivity contribution in [2.24, 2.45) is 10.9 Å². The standard InChI is InChI=1S/C21H32F3N3O2/c1-3-25-20(27-12-19(28)14-29-13-16-7-8-16)26-10-9-15(2)17-5-4-6-18(11-17)21(22,23)24/h4-6,11,15-16,19,28H,3,7-10,12-14H2,1-2H3,(H2,25,26,27). The number of benzene rings is 1. The summed E-state index contributed by atoms with van der Waals surface area (Å²) in [5, 5.41) is 16.2. The molecule has 1 aliphatic rings. The van der Waals surface area contributed by atoms with Crippen molar-refractivity contribution in [3.05, 3.63) is 35.4 Å². The van der Waals surface area contributed by atoms with Crippen molar-refractivity contribution < 1.29 is 23.0 Å². The molecular weight excluding hydrogens is 383 g/mol.